The number of anilines is 3. The lowest BCUT2D eigenvalue weighted by Crippen LogP contribution is -2.54. The van der Waals surface area contributed by atoms with Crippen molar-refractivity contribution in [2.24, 2.45) is 7.05 Å². The maximum Gasteiger partial charge on any atom is 0.169 e. The summed E-state index contributed by atoms with van der Waals surface area (Å²) >= 11 is 0. The normalized spacial score (nSPS) is 21.3. The van der Waals surface area contributed by atoms with Gasteiger partial charge in [0.1, 0.15) is 5.75 Å². The first-order chi connectivity index (χ1) is 13.6. The number of aromatic nitrogens is 4. The number of nitrogen functional groups attached to an aromatic ring is 1. The van der Waals surface area contributed by atoms with Gasteiger partial charge in [-0.15, -0.1) is 10.2 Å². The Morgan fingerprint density at radius 2 is 1.86 bits per heavy atom. The SMILES string of the molecule is Cn1cc(N2C3CCC2CN(c2cc(-c4ccccc4O)nnc2N)C3)cn1. The maximum absolute atomic E-state index is 10.2. The Morgan fingerprint density at radius 3 is 2.54 bits per heavy atom. The lowest BCUT2D eigenvalue weighted by atomic mass is 10.1. The second-order valence-corrected chi connectivity index (χ2v) is 7.59. The van der Waals surface area contributed by atoms with Gasteiger partial charge in [0.25, 0.3) is 0 Å². The van der Waals surface area contributed by atoms with Crippen LogP contribution in [0.1, 0.15) is 12.8 Å². The standard InChI is InChI=1S/C20H23N7O/c1-25-10-15(9-22-25)27-13-6-7-14(27)12-26(11-13)18-8-17(23-24-20(18)21)16-4-2-3-5-19(16)28/h2-5,8-10,13-14,28H,6-7,11-12H2,1H3,(H2,21,24). The number of nitrogens with zero attached hydrogens (tertiary/aromatic N) is 6. The molecule has 0 spiro atoms. The Bertz CT molecular complexity index is 1000. The number of aryl methyl sites for hydroxylation is 1. The first-order valence-electron chi connectivity index (χ1n) is 9.53. The number of benzene rings is 1. The van der Waals surface area contributed by atoms with Crippen LogP contribution in [0.2, 0.25) is 0 Å². The highest BCUT2D eigenvalue weighted by atomic mass is 16.3. The van der Waals surface area contributed by atoms with Crippen LogP contribution in [-0.4, -0.2) is 50.3 Å². The van der Waals surface area contributed by atoms with Crippen LogP contribution in [0.4, 0.5) is 17.2 Å². The summed E-state index contributed by atoms with van der Waals surface area (Å²) in [6, 6.07) is 9.94. The molecule has 2 atom stereocenters. The van der Waals surface area contributed by atoms with E-state index in [9.17, 15) is 5.11 Å². The van der Waals surface area contributed by atoms with Crippen LogP contribution in [-0.2, 0) is 7.05 Å². The highest BCUT2D eigenvalue weighted by molar-refractivity contribution is 5.74. The fourth-order valence-corrected chi connectivity index (χ4v) is 4.53. The van der Waals surface area contributed by atoms with E-state index in [0.717, 1.165) is 31.6 Å². The highest BCUT2D eigenvalue weighted by Crippen LogP contribution is 2.38. The molecule has 3 N–H and O–H groups in total. The van der Waals surface area contributed by atoms with Gasteiger partial charge in [-0.2, -0.15) is 5.10 Å². The molecule has 2 unspecified atom stereocenters. The van der Waals surface area contributed by atoms with Crippen molar-refractivity contribution in [3.05, 3.63) is 42.7 Å². The topological polar surface area (TPSA) is 96.3 Å². The molecule has 4 heterocycles. The number of fused-ring (bicyclic) bond motifs is 2. The molecule has 1 aromatic carbocycles. The van der Waals surface area contributed by atoms with Crippen LogP contribution in [0.15, 0.2) is 42.7 Å². The summed E-state index contributed by atoms with van der Waals surface area (Å²) in [6.45, 7) is 1.75. The molecule has 2 aromatic heterocycles. The average molecular weight is 377 g/mol. The molecule has 0 radical (unpaired) electrons. The van der Waals surface area contributed by atoms with Gasteiger partial charge in [-0.05, 0) is 31.0 Å². The first kappa shape index (κ1) is 16.9. The second-order valence-electron chi connectivity index (χ2n) is 7.59. The Kier molecular flexibility index (Phi) is 3.85. The average Bonchev–Trinajstić information content (AvgIpc) is 3.22. The van der Waals surface area contributed by atoms with E-state index in [1.165, 1.54) is 5.69 Å². The summed E-state index contributed by atoms with van der Waals surface area (Å²) in [5.41, 5.74) is 9.55. The van der Waals surface area contributed by atoms with Crippen molar-refractivity contribution in [3.63, 3.8) is 0 Å². The number of phenols is 1. The van der Waals surface area contributed by atoms with Crippen molar-refractivity contribution in [2.75, 3.05) is 28.6 Å². The van der Waals surface area contributed by atoms with E-state index >= 15 is 0 Å². The number of para-hydroxylation sites is 1. The Balaban J connectivity index is 1.45. The van der Waals surface area contributed by atoms with Gasteiger partial charge in [0.15, 0.2) is 5.82 Å². The molecule has 2 aliphatic heterocycles. The zero-order chi connectivity index (χ0) is 19.3. The smallest absolute Gasteiger partial charge is 0.169 e. The van der Waals surface area contributed by atoms with Gasteiger partial charge < -0.3 is 20.6 Å². The molecule has 28 heavy (non-hydrogen) atoms. The molecule has 8 heteroatoms. The molecule has 3 aromatic rings. The van der Waals surface area contributed by atoms with Gasteiger partial charge in [-0.25, -0.2) is 0 Å². The molecule has 0 aliphatic carbocycles. The van der Waals surface area contributed by atoms with Crippen LogP contribution in [0.3, 0.4) is 0 Å². The minimum atomic E-state index is 0.189. The molecule has 2 fully saturated rings. The maximum atomic E-state index is 10.2. The number of aromatic hydroxyl groups is 1. The van der Waals surface area contributed by atoms with E-state index in [0.29, 0.717) is 29.2 Å². The van der Waals surface area contributed by atoms with Gasteiger partial charge in [-0.1, -0.05) is 12.1 Å². The molecule has 2 aliphatic rings. The minimum absolute atomic E-state index is 0.189. The van der Waals surface area contributed by atoms with E-state index in [1.54, 1.807) is 12.1 Å². The zero-order valence-corrected chi connectivity index (χ0v) is 15.7. The largest absolute Gasteiger partial charge is 0.507 e. The molecule has 5 rings (SSSR count). The number of rotatable bonds is 3. The van der Waals surface area contributed by atoms with E-state index < -0.39 is 0 Å². The number of nitrogens with two attached hydrogens (primary N) is 1. The van der Waals surface area contributed by atoms with E-state index in [-0.39, 0.29) is 5.75 Å². The van der Waals surface area contributed by atoms with Gasteiger partial charge in [0.05, 0.1) is 23.3 Å². The van der Waals surface area contributed by atoms with E-state index in [2.05, 4.69) is 31.3 Å². The number of phenolic OH excluding ortho intramolecular Hbond substituents is 1. The molecule has 2 saturated heterocycles. The third-order valence-corrected chi connectivity index (χ3v) is 5.79. The van der Waals surface area contributed by atoms with Gasteiger partial charge in [0, 0.05) is 44.0 Å². The minimum Gasteiger partial charge on any atom is -0.507 e. The van der Waals surface area contributed by atoms with Crippen LogP contribution in [0.5, 0.6) is 5.75 Å². The third-order valence-electron chi connectivity index (χ3n) is 5.79. The van der Waals surface area contributed by atoms with Gasteiger partial charge >= 0.3 is 0 Å². The van der Waals surface area contributed by atoms with Crippen LogP contribution in [0.25, 0.3) is 11.3 Å². The molecule has 0 saturated carbocycles. The Morgan fingerprint density at radius 1 is 1.11 bits per heavy atom. The highest BCUT2D eigenvalue weighted by Gasteiger charge is 2.41. The molecule has 144 valence electrons. The molecule has 2 bridgehead atoms. The zero-order valence-electron chi connectivity index (χ0n) is 15.7. The van der Waals surface area contributed by atoms with Crippen molar-refractivity contribution in [2.45, 2.75) is 24.9 Å². The summed E-state index contributed by atoms with van der Waals surface area (Å²) in [6.07, 6.45) is 6.33. The van der Waals surface area contributed by atoms with Crippen LogP contribution >= 0.6 is 0 Å². The van der Waals surface area contributed by atoms with Crippen molar-refractivity contribution in [1.29, 1.82) is 0 Å². The fraction of sp³-hybridized carbons (Fsp3) is 0.350. The third kappa shape index (κ3) is 2.72. The predicted molar refractivity (Wildman–Crippen MR) is 108 cm³/mol. The molecular weight excluding hydrogens is 354 g/mol. The monoisotopic (exact) mass is 377 g/mol. The second kappa shape index (κ2) is 6.40. The predicted octanol–water partition coefficient (Wildman–Crippen LogP) is 2.02. The fourth-order valence-electron chi connectivity index (χ4n) is 4.53. The molecular formula is C20H23N7O. The van der Waals surface area contributed by atoms with Gasteiger partial charge in [-0.3, -0.25) is 4.68 Å². The van der Waals surface area contributed by atoms with Crippen molar-refractivity contribution >= 4 is 17.2 Å². The number of hydrogen-bond donors (Lipinski definition) is 2. The first-order valence-corrected chi connectivity index (χ1v) is 9.53. The Hall–Kier alpha value is -3.29. The van der Waals surface area contributed by atoms with Crippen molar-refractivity contribution in [1.82, 2.24) is 20.0 Å². The van der Waals surface area contributed by atoms with Crippen LogP contribution in [0, 0.1) is 0 Å². The van der Waals surface area contributed by atoms with Gasteiger partial charge in [0.2, 0.25) is 0 Å². The summed E-state index contributed by atoms with van der Waals surface area (Å²) < 4.78 is 1.85. The molecule has 8 nitrogen and oxygen atoms in total. The Labute approximate surface area is 163 Å². The number of hydrogen-bond acceptors (Lipinski definition) is 7. The summed E-state index contributed by atoms with van der Waals surface area (Å²) in [7, 11) is 1.95. The van der Waals surface area contributed by atoms with E-state index in [4.69, 9.17) is 5.73 Å². The summed E-state index contributed by atoms with van der Waals surface area (Å²) in [4.78, 5) is 4.81. The quantitative estimate of drug-likeness (QED) is 0.721. The van der Waals surface area contributed by atoms with Crippen LogP contribution < -0.4 is 15.5 Å². The lowest BCUT2D eigenvalue weighted by molar-refractivity contribution is 0.477. The van der Waals surface area contributed by atoms with Crippen molar-refractivity contribution in [3.8, 4) is 17.0 Å². The van der Waals surface area contributed by atoms with E-state index in [1.807, 2.05) is 36.1 Å². The summed E-state index contributed by atoms with van der Waals surface area (Å²) in [5, 5.41) is 22.9. The van der Waals surface area contributed by atoms with Crippen molar-refractivity contribution < 1.29 is 5.11 Å². The lowest BCUT2D eigenvalue weighted by Gasteiger charge is -2.43. The number of piperazine rings is 1. The summed E-state index contributed by atoms with van der Waals surface area (Å²) in [5.74, 6) is 0.613. The molecule has 0 amide bonds.